The van der Waals surface area contributed by atoms with E-state index in [1.807, 2.05) is 0 Å². The van der Waals surface area contributed by atoms with Gasteiger partial charge in [-0.25, -0.2) is 0 Å². The smallest absolute Gasteiger partial charge is 0.161 e. The summed E-state index contributed by atoms with van der Waals surface area (Å²) in [6.07, 6.45) is 4.09. The van der Waals surface area contributed by atoms with Crippen molar-refractivity contribution in [1.29, 1.82) is 0 Å². The highest BCUT2D eigenvalue weighted by atomic mass is 16.5. The van der Waals surface area contributed by atoms with E-state index in [2.05, 4.69) is 58.0 Å². The molecule has 1 fully saturated rings. The number of piperidine rings is 1. The zero-order valence-electron chi connectivity index (χ0n) is 19.3. The Hall–Kier alpha value is -2.52. The predicted molar refractivity (Wildman–Crippen MR) is 127 cm³/mol. The lowest BCUT2D eigenvalue weighted by Crippen LogP contribution is -2.49. The molecule has 4 rings (SSSR count). The summed E-state index contributed by atoms with van der Waals surface area (Å²) in [5.41, 5.74) is 5.09. The number of likely N-dealkylation sites (tertiary alicyclic amines) is 1. The molecule has 2 aliphatic heterocycles. The highest BCUT2D eigenvalue weighted by molar-refractivity contribution is 5.48. The van der Waals surface area contributed by atoms with Crippen molar-refractivity contribution in [3.63, 3.8) is 0 Å². The quantitative estimate of drug-likeness (QED) is 0.706. The van der Waals surface area contributed by atoms with Crippen LogP contribution in [0.1, 0.15) is 41.5 Å². The zero-order chi connectivity index (χ0) is 22.3. The SMILES string of the molecule is COc1cc2c(cc1OC)CN(C1CCCN(Cc3ccc(C#CCCO)cc3)C1)CC2. The number of methoxy groups -OCH3 is 2. The van der Waals surface area contributed by atoms with Gasteiger partial charge in [0, 0.05) is 44.2 Å². The molecular weight excluding hydrogens is 400 g/mol. The van der Waals surface area contributed by atoms with Crippen molar-refractivity contribution in [1.82, 2.24) is 9.80 Å². The molecule has 5 heteroatoms. The lowest BCUT2D eigenvalue weighted by Gasteiger charge is -2.41. The molecule has 2 aromatic carbocycles. The average molecular weight is 435 g/mol. The van der Waals surface area contributed by atoms with Gasteiger partial charge in [0.05, 0.1) is 20.8 Å². The van der Waals surface area contributed by atoms with E-state index >= 15 is 0 Å². The molecule has 1 N–H and O–H groups in total. The van der Waals surface area contributed by atoms with Gasteiger partial charge in [0.2, 0.25) is 0 Å². The van der Waals surface area contributed by atoms with Crippen molar-refractivity contribution in [3.8, 4) is 23.3 Å². The third-order valence-electron chi connectivity index (χ3n) is 6.57. The van der Waals surface area contributed by atoms with E-state index in [0.29, 0.717) is 12.5 Å². The number of fused-ring (bicyclic) bond motifs is 1. The van der Waals surface area contributed by atoms with Gasteiger partial charge in [-0.05, 0) is 66.8 Å². The Morgan fingerprint density at radius 1 is 1.03 bits per heavy atom. The topological polar surface area (TPSA) is 45.2 Å². The number of hydrogen-bond acceptors (Lipinski definition) is 5. The first kappa shape index (κ1) is 22.7. The minimum Gasteiger partial charge on any atom is -0.493 e. The molecule has 0 radical (unpaired) electrons. The first-order valence-electron chi connectivity index (χ1n) is 11.6. The van der Waals surface area contributed by atoms with Gasteiger partial charge in [0.25, 0.3) is 0 Å². The van der Waals surface area contributed by atoms with Crippen molar-refractivity contribution >= 4 is 0 Å². The van der Waals surface area contributed by atoms with Crippen LogP contribution >= 0.6 is 0 Å². The molecule has 0 aromatic heterocycles. The van der Waals surface area contributed by atoms with Crippen molar-refractivity contribution < 1.29 is 14.6 Å². The first-order valence-corrected chi connectivity index (χ1v) is 11.6. The van der Waals surface area contributed by atoms with E-state index in [-0.39, 0.29) is 6.61 Å². The van der Waals surface area contributed by atoms with Crippen LogP contribution in [0.5, 0.6) is 11.5 Å². The zero-order valence-corrected chi connectivity index (χ0v) is 19.3. The summed E-state index contributed by atoms with van der Waals surface area (Å²) in [6.45, 7) is 5.45. The summed E-state index contributed by atoms with van der Waals surface area (Å²) in [6, 6.07) is 13.4. The van der Waals surface area contributed by atoms with Crippen molar-refractivity contribution in [3.05, 3.63) is 58.7 Å². The Kier molecular flexibility index (Phi) is 7.70. The average Bonchev–Trinajstić information content (AvgIpc) is 2.84. The molecular formula is C27H34N2O3. The van der Waals surface area contributed by atoms with E-state index < -0.39 is 0 Å². The Morgan fingerprint density at radius 2 is 1.78 bits per heavy atom. The summed E-state index contributed by atoms with van der Waals surface area (Å²) in [5, 5.41) is 8.86. The molecule has 2 aliphatic rings. The Balaban J connectivity index is 1.37. The highest BCUT2D eigenvalue weighted by Gasteiger charge is 2.28. The number of nitrogens with zero attached hydrogens (tertiary/aromatic N) is 2. The number of benzene rings is 2. The molecule has 0 aliphatic carbocycles. The molecule has 1 unspecified atom stereocenters. The maximum atomic E-state index is 8.86. The Bertz CT molecular complexity index is 961. The Labute approximate surface area is 191 Å². The van der Waals surface area contributed by atoms with E-state index in [1.54, 1.807) is 14.2 Å². The standard InChI is InChI=1S/C27H34N2O3/c1-31-26-16-23-12-14-29(19-24(23)17-27(26)32-2)25-7-5-13-28(20-25)18-22-10-8-21(9-11-22)6-3-4-15-30/h8-11,16-17,25,30H,4-5,7,12-15,18-20H2,1-2H3. The van der Waals surface area contributed by atoms with Crippen LogP contribution in [0.15, 0.2) is 36.4 Å². The molecule has 2 aromatic rings. The molecule has 0 spiro atoms. The summed E-state index contributed by atoms with van der Waals surface area (Å²) in [4.78, 5) is 5.24. The van der Waals surface area contributed by atoms with E-state index in [9.17, 15) is 0 Å². The van der Waals surface area contributed by atoms with Crippen LogP contribution in [0.3, 0.4) is 0 Å². The molecule has 0 bridgehead atoms. The fraction of sp³-hybridized carbons (Fsp3) is 0.481. The fourth-order valence-corrected chi connectivity index (χ4v) is 4.86. The lowest BCUT2D eigenvalue weighted by molar-refractivity contribution is 0.0837. The van der Waals surface area contributed by atoms with E-state index in [0.717, 1.165) is 56.2 Å². The second-order valence-electron chi connectivity index (χ2n) is 8.70. The van der Waals surface area contributed by atoms with Gasteiger partial charge in [-0.1, -0.05) is 24.0 Å². The Morgan fingerprint density at radius 3 is 2.50 bits per heavy atom. The van der Waals surface area contributed by atoms with Gasteiger partial charge in [0.15, 0.2) is 11.5 Å². The monoisotopic (exact) mass is 434 g/mol. The maximum absolute atomic E-state index is 8.86. The second-order valence-corrected chi connectivity index (χ2v) is 8.70. The number of aliphatic hydroxyl groups excluding tert-OH is 1. The third-order valence-corrected chi connectivity index (χ3v) is 6.57. The van der Waals surface area contributed by atoms with Gasteiger partial charge in [-0.15, -0.1) is 0 Å². The van der Waals surface area contributed by atoms with Gasteiger partial charge in [0.1, 0.15) is 0 Å². The van der Waals surface area contributed by atoms with Crippen LogP contribution in [-0.4, -0.2) is 61.4 Å². The van der Waals surface area contributed by atoms with Gasteiger partial charge in [-0.2, -0.15) is 0 Å². The largest absolute Gasteiger partial charge is 0.493 e. The molecule has 0 amide bonds. The molecule has 0 saturated carbocycles. The minimum atomic E-state index is 0.117. The van der Waals surface area contributed by atoms with E-state index in [4.69, 9.17) is 14.6 Å². The molecule has 170 valence electrons. The molecule has 1 atom stereocenters. The molecule has 2 heterocycles. The van der Waals surface area contributed by atoms with Crippen LogP contribution in [-0.2, 0) is 19.5 Å². The number of hydrogen-bond donors (Lipinski definition) is 1. The van der Waals surface area contributed by atoms with Gasteiger partial charge >= 0.3 is 0 Å². The summed E-state index contributed by atoms with van der Waals surface area (Å²) >= 11 is 0. The van der Waals surface area contributed by atoms with Crippen LogP contribution in [0.4, 0.5) is 0 Å². The molecule has 5 nitrogen and oxygen atoms in total. The number of ether oxygens (including phenoxy) is 2. The summed E-state index contributed by atoms with van der Waals surface area (Å²) in [5.74, 6) is 7.74. The maximum Gasteiger partial charge on any atom is 0.161 e. The van der Waals surface area contributed by atoms with Gasteiger partial charge < -0.3 is 14.6 Å². The van der Waals surface area contributed by atoms with Crippen molar-refractivity contribution in [2.24, 2.45) is 0 Å². The summed E-state index contributed by atoms with van der Waals surface area (Å²) in [7, 11) is 3.41. The third kappa shape index (κ3) is 5.45. The van der Waals surface area contributed by atoms with Gasteiger partial charge in [-0.3, -0.25) is 9.80 Å². The highest BCUT2D eigenvalue weighted by Crippen LogP contribution is 2.34. The summed E-state index contributed by atoms with van der Waals surface area (Å²) < 4.78 is 11.0. The molecule has 32 heavy (non-hydrogen) atoms. The first-order chi connectivity index (χ1) is 15.7. The number of rotatable bonds is 6. The van der Waals surface area contributed by atoms with E-state index in [1.165, 1.54) is 29.5 Å². The van der Waals surface area contributed by atoms with Crippen molar-refractivity contribution in [2.45, 2.75) is 44.8 Å². The van der Waals surface area contributed by atoms with Crippen LogP contribution < -0.4 is 9.47 Å². The predicted octanol–water partition coefficient (Wildman–Crippen LogP) is 3.46. The fourth-order valence-electron chi connectivity index (χ4n) is 4.86. The minimum absolute atomic E-state index is 0.117. The number of aliphatic hydroxyl groups is 1. The normalized spacial score (nSPS) is 19.0. The molecule has 1 saturated heterocycles. The lowest BCUT2D eigenvalue weighted by atomic mass is 9.95. The second kappa shape index (κ2) is 10.9. The van der Waals surface area contributed by atoms with Crippen molar-refractivity contribution in [2.75, 3.05) is 40.5 Å². The van der Waals surface area contributed by atoms with Crippen LogP contribution in [0.25, 0.3) is 0 Å². The van der Waals surface area contributed by atoms with Crippen LogP contribution in [0.2, 0.25) is 0 Å². The van der Waals surface area contributed by atoms with Crippen LogP contribution in [0, 0.1) is 11.8 Å².